The fourth-order valence-corrected chi connectivity index (χ4v) is 1.97. The smallest absolute Gasteiger partial charge is 0.416 e. The molecule has 2 rings (SSSR count). The molecule has 2 aromatic carbocycles. The molecule has 0 N–H and O–H groups in total. The van der Waals surface area contributed by atoms with Crippen LogP contribution in [0.1, 0.15) is 11.1 Å². The zero-order chi connectivity index (χ0) is 15.5. The highest BCUT2D eigenvalue weighted by Crippen LogP contribution is 2.33. The lowest BCUT2D eigenvalue weighted by Crippen LogP contribution is -2.04. The van der Waals surface area contributed by atoms with Gasteiger partial charge in [-0.05, 0) is 35.9 Å². The Kier molecular flexibility index (Phi) is 4.53. The normalized spacial score (nSPS) is 11.2. The van der Waals surface area contributed by atoms with Gasteiger partial charge in [0.1, 0.15) is 17.8 Å². The molecule has 6 heteroatoms. The maximum Gasteiger partial charge on any atom is 0.416 e. The molecule has 0 fully saturated rings. The van der Waals surface area contributed by atoms with Gasteiger partial charge in [-0.1, -0.05) is 23.7 Å². The van der Waals surface area contributed by atoms with Gasteiger partial charge in [-0.25, -0.2) is 0 Å². The van der Waals surface area contributed by atoms with Crippen LogP contribution in [-0.2, 0) is 17.4 Å². The second-order valence-corrected chi connectivity index (χ2v) is 4.66. The Labute approximate surface area is 124 Å². The van der Waals surface area contributed by atoms with Gasteiger partial charge in [-0.15, -0.1) is 0 Å². The number of hydrogen-bond acceptors (Lipinski definition) is 2. The lowest BCUT2D eigenvalue weighted by molar-refractivity contribution is -0.137. The molecule has 0 aliphatic rings. The van der Waals surface area contributed by atoms with E-state index < -0.39 is 11.7 Å². The summed E-state index contributed by atoms with van der Waals surface area (Å²) in [4.78, 5) is 10.4. The number of aldehydes is 1. The molecular weight excluding hydrogens is 305 g/mol. The van der Waals surface area contributed by atoms with E-state index in [0.717, 1.165) is 12.1 Å². The number of rotatable bonds is 4. The first-order valence-electron chi connectivity index (χ1n) is 5.97. The van der Waals surface area contributed by atoms with Gasteiger partial charge in [0, 0.05) is 11.4 Å². The molecule has 110 valence electrons. The van der Waals surface area contributed by atoms with E-state index in [2.05, 4.69) is 0 Å². The van der Waals surface area contributed by atoms with Crippen molar-refractivity contribution in [2.24, 2.45) is 0 Å². The Morgan fingerprint density at radius 3 is 2.43 bits per heavy atom. The average molecular weight is 315 g/mol. The second-order valence-electron chi connectivity index (χ2n) is 4.25. The van der Waals surface area contributed by atoms with E-state index in [-0.39, 0.29) is 12.2 Å². The van der Waals surface area contributed by atoms with Crippen LogP contribution in [0.5, 0.6) is 11.5 Å². The molecule has 0 amide bonds. The largest absolute Gasteiger partial charge is 0.457 e. The van der Waals surface area contributed by atoms with Crippen LogP contribution >= 0.6 is 11.6 Å². The lowest BCUT2D eigenvalue weighted by Gasteiger charge is -2.11. The molecule has 0 atom stereocenters. The maximum absolute atomic E-state index is 12.6. The summed E-state index contributed by atoms with van der Waals surface area (Å²) < 4.78 is 43.2. The van der Waals surface area contributed by atoms with Gasteiger partial charge in [0.2, 0.25) is 0 Å². The predicted molar refractivity (Wildman–Crippen MR) is 72.7 cm³/mol. The van der Waals surface area contributed by atoms with Gasteiger partial charge in [0.15, 0.2) is 0 Å². The zero-order valence-corrected chi connectivity index (χ0v) is 11.4. The van der Waals surface area contributed by atoms with Gasteiger partial charge >= 0.3 is 6.18 Å². The minimum absolute atomic E-state index is 0.0593. The number of alkyl halides is 3. The van der Waals surface area contributed by atoms with Crippen molar-refractivity contribution in [2.75, 3.05) is 0 Å². The SMILES string of the molecule is O=CCc1ccc(Oc2cccc(C(F)(F)F)c2)cc1Cl. The molecule has 0 aromatic heterocycles. The van der Waals surface area contributed by atoms with Crippen molar-refractivity contribution >= 4 is 17.9 Å². The van der Waals surface area contributed by atoms with E-state index in [4.69, 9.17) is 16.3 Å². The number of carbonyl (C=O) groups excluding carboxylic acids is 1. The molecule has 0 bridgehead atoms. The van der Waals surface area contributed by atoms with Crippen molar-refractivity contribution in [1.29, 1.82) is 0 Å². The number of carbonyl (C=O) groups is 1. The molecule has 0 saturated carbocycles. The molecule has 0 saturated heterocycles. The molecule has 0 aliphatic heterocycles. The van der Waals surface area contributed by atoms with Gasteiger partial charge in [-0.2, -0.15) is 13.2 Å². The van der Waals surface area contributed by atoms with Crippen molar-refractivity contribution < 1.29 is 22.7 Å². The minimum atomic E-state index is -4.43. The van der Waals surface area contributed by atoms with Crippen LogP contribution in [0, 0.1) is 0 Å². The topological polar surface area (TPSA) is 26.3 Å². The van der Waals surface area contributed by atoms with Crippen molar-refractivity contribution in [3.05, 3.63) is 58.6 Å². The van der Waals surface area contributed by atoms with Crippen LogP contribution in [0.25, 0.3) is 0 Å². The molecular formula is C15H10ClF3O2. The predicted octanol–water partition coefficient (Wildman–Crippen LogP) is 4.89. The third kappa shape index (κ3) is 3.98. The number of ether oxygens (including phenoxy) is 1. The molecule has 2 nitrogen and oxygen atoms in total. The summed E-state index contributed by atoms with van der Waals surface area (Å²) in [6.45, 7) is 0. The molecule has 0 spiro atoms. The van der Waals surface area contributed by atoms with E-state index >= 15 is 0 Å². The lowest BCUT2D eigenvalue weighted by atomic mass is 10.1. The quantitative estimate of drug-likeness (QED) is 0.751. The first-order valence-corrected chi connectivity index (χ1v) is 6.35. The third-order valence-electron chi connectivity index (χ3n) is 2.72. The highest BCUT2D eigenvalue weighted by molar-refractivity contribution is 6.31. The highest BCUT2D eigenvalue weighted by atomic mass is 35.5. The second kappa shape index (κ2) is 6.18. The van der Waals surface area contributed by atoms with Crippen LogP contribution in [-0.4, -0.2) is 6.29 Å². The van der Waals surface area contributed by atoms with Gasteiger partial charge < -0.3 is 9.53 Å². The van der Waals surface area contributed by atoms with Crippen LogP contribution < -0.4 is 4.74 Å². The Bertz CT molecular complexity index is 654. The van der Waals surface area contributed by atoms with Crippen molar-refractivity contribution in [1.82, 2.24) is 0 Å². The maximum atomic E-state index is 12.6. The van der Waals surface area contributed by atoms with Crippen molar-refractivity contribution in [2.45, 2.75) is 12.6 Å². The molecule has 0 radical (unpaired) electrons. The highest BCUT2D eigenvalue weighted by Gasteiger charge is 2.30. The molecule has 0 aliphatic carbocycles. The van der Waals surface area contributed by atoms with Gasteiger partial charge in [-0.3, -0.25) is 0 Å². The summed E-state index contributed by atoms with van der Waals surface area (Å²) >= 11 is 5.96. The monoisotopic (exact) mass is 314 g/mol. The standard InChI is InChI=1S/C15H10ClF3O2/c16-14-9-13(5-4-10(14)6-7-20)21-12-3-1-2-11(8-12)15(17,18)19/h1-5,7-9H,6H2. The van der Waals surface area contributed by atoms with E-state index in [0.29, 0.717) is 22.6 Å². The molecule has 21 heavy (non-hydrogen) atoms. The van der Waals surface area contributed by atoms with Crippen LogP contribution in [0.3, 0.4) is 0 Å². The first kappa shape index (κ1) is 15.4. The molecule has 0 unspecified atom stereocenters. The summed E-state index contributed by atoms with van der Waals surface area (Å²) in [7, 11) is 0. The summed E-state index contributed by atoms with van der Waals surface area (Å²) in [5.41, 5.74) is -0.160. The summed E-state index contributed by atoms with van der Waals surface area (Å²) in [6, 6.07) is 9.16. The van der Waals surface area contributed by atoms with E-state index in [1.807, 2.05) is 0 Å². The van der Waals surface area contributed by atoms with Crippen molar-refractivity contribution in [3.63, 3.8) is 0 Å². The van der Waals surface area contributed by atoms with E-state index in [1.165, 1.54) is 18.2 Å². The van der Waals surface area contributed by atoms with Gasteiger partial charge in [0.25, 0.3) is 0 Å². The zero-order valence-electron chi connectivity index (χ0n) is 10.7. The fraction of sp³-hybridized carbons (Fsp3) is 0.133. The Morgan fingerprint density at radius 1 is 1.10 bits per heavy atom. The molecule has 2 aromatic rings. The van der Waals surface area contributed by atoms with Crippen LogP contribution in [0.15, 0.2) is 42.5 Å². The number of halogens is 4. The first-order chi connectivity index (χ1) is 9.90. The average Bonchev–Trinajstić information content (AvgIpc) is 2.41. The Hall–Kier alpha value is -2.01. The number of hydrogen-bond donors (Lipinski definition) is 0. The number of benzene rings is 2. The van der Waals surface area contributed by atoms with E-state index in [1.54, 1.807) is 12.1 Å². The minimum Gasteiger partial charge on any atom is -0.457 e. The van der Waals surface area contributed by atoms with Crippen molar-refractivity contribution in [3.8, 4) is 11.5 Å². The molecule has 0 heterocycles. The Balaban J connectivity index is 2.22. The fourth-order valence-electron chi connectivity index (χ4n) is 1.72. The summed E-state index contributed by atoms with van der Waals surface area (Å²) in [6.07, 6.45) is -3.54. The van der Waals surface area contributed by atoms with Gasteiger partial charge in [0.05, 0.1) is 5.56 Å². The third-order valence-corrected chi connectivity index (χ3v) is 3.08. The summed E-state index contributed by atoms with van der Waals surface area (Å²) in [5, 5.41) is 0.326. The van der Waals surface area contributed by atoms with Crippen LogP contribution in [0.2, 0.25) is 5.02 Å². The van der Waals surface area contributed by atoms with Crippen LogP contribution in [0.4, 0.5) is 13.2 Å². The van der Waals surface area contributed by atoms with E-state index in [9.17, 15) is 18.0 Å². The Morgan fingerprint density at radius 2 is 1.81 bits per heavy atom. The summed E-state index contributed by atoms with van der Waals surface area (Å²) in [5.74, 6) is 0.359.